The van der Waals surface area contributed by atoms with Crippen LogP contribution in [0.2, 0.25) is 0 Å². The van der Waals surface area contributed by atoms with E-state index in [0.29, 0.717) is 11.6 Å². The van der Waals surface area contributed by atoms with Gasteiger partial charge in [0.1, 0.15) is 16.4 Å². The van der Waals surface area contributed by atoms with Crippen molar-refractivity contribution in [1.29, 1.82) is 0 Å². The molecule has 0 unspecified atom stereocenters. The van der Waals surface area contributed by atoms with Gasteiger partial charge in [-0.15, -0.1) is 0 Å². The zero-order chi connectivity index (χ0) is 16.4. The van der Waals surface area contributed by atoms with E-state index in [4.69, 9.17) is 4.42 Å². The molecule has 7 heteroatoms. The highest BCUT2D eigenvalue weighted by atomic mass is 32.2. The maximum absolute atomic E-state index is 13.8. The lowest BCUT2D eigenvalue weighted by atomic mass is 9.87. The maximum Gasteiger partial charge on any atom is 0.267 e. The highest BCUT2D eigenvalue weighted by molar-refractivity contribution is 7.92. The van der Waals surface area contributed by atoms with Gasteiger partial charge in [-0.3, -0.25) is 0 Å². The number of rotatable bonds is 4. The lowest BCUT2D eigenvalue weighted by molar-refractivity contribution is 0.437. The van der Waals surface area contributed by atoms with Crippen molar-refractivity contribution in [3.63, 3.8) is 0 Å². The molecule has 0 radical (unpaired) electrons. The summed E-state index contributed by atoms with van der Waals surface area (Å²) in [7, 11) is -4.05. The number of halogens is 1. The summed E-state index contributed by atoms with van der Waals surface area (Å²) < 4.78 is 46.4. The predicted octanol–water partition coefficient (Wildman–Crippen LogP) is 3.97. The number of oxazole rings is 1. The van der Waals surface area contributed by atoms with Crippen molar-refractivity contribution in [1.82, 2.24) is 4.98 Å². The summed E-state index contributed by atoms with van der Waals surface area (Å²) >= 11 is 0. The Hall–Kier alpha value is -1.89. The Morgan fingerprint density at radius 3 is 2.61 bits per heavy atom. The average Bonchev–Trinajstić information content (AvgIpc) is 2.88. The van der Waals surface area contributed by atoms with Gasteiger partial charge in [-0.25, -0.2) is 22.5 Å². The molecule has 0 bridgehead atoms. The molecule has 124 valence electrons. The summed E-state index contributed by atoms with van der Waals surface area (Å²) in [5.41, 5.74) is 0.627. The van der Waals surface area contributed by atoms with Gasteiger partial charge < -0.3 is 4.42 Å². The first-order valence-electron chi connectivity index (χ1n) is 7.72. The molecule has 0 amide bonds. The summed E-state index contributed by atoms with van der Waals surface area (Å²) in [6, 6.07) is 5.26. The van der Waals surface area contributed by atoms with Crippen molar-refractivity contribution in [3.05, 3.63) is 41.7 Å². The van der Waals surface area contributed by atoms with E-state index < -0.39 is 20.7 Å². The Morgan fingerprint density at radius 1 is 1.22 bits per heavy atom. The molecule has 1 heterocycles. The van der Waals surface area contributed by atoms with Crippen LogP contribution in [0.1, 0.15) is 49.6 Å². The zero-order valence-electron chi connectivity index (χ0n) is 12.9. The quantitative estimate of drug-likeness (QED) is 0.915. The summed E-state index contributed by atoms with van der Waals surface area (Å²) in [6.07, 6.45) is 5.29. The van der Waals surface area contributed by atoms with Crippen LogP contribution >= 0.6 is 0 Å². The fourth-order valence-electron chi connectivity index (χ4n) is 3.01. The monoisotopic (exact) mass is 338 g/mol. The molecule has 0 atom stereocenters. The van der Waals surface area contributed by atoms with E-state index in [-0.39, 0.29) is 11.8 Å². The second-order valence-corrected chi connectivity index (χ2v) is 7.47. The molecular formula is C16H19FN2O3S. The lowest BCUT2D eigenvalue weighted by Crippen LogP contribution is -2.16. The first-order valence-corrected chi connectivity index (χ1v) is 9.20. The van der Waals surface area contributed by atoms with Crippen LogP contribution in [0.25, 0.3) is 0 Å². The molecule has 3 rings (SSSR count). The first kappa shape index (κ1) is 16.0. The highest BCUT2D eigenvalue weighted by Crippen LogP contribution is 2.37. The van der Waals surface area contributed by atoms with Crippen molar-refractivity contribution in [2.75, 3.05) is 4.72 Å². The van der Waals surface area contributed by atoms with E-state index in [2.05, 4.69) is 9.71 Å². The fourth-order valence-corrected chi connectivity index (χ4v) is 4.09. The van der Waals surface area contributed by atoms with Gasteiger partial charge in [0, 0.05) is 12.8 Å². The summed E-state index contributed by atoms with van der Waals surface area (Å²) in [6.45, 7) is 1.67. The molecule has 1 saturated carbocycles. The standard InChI is InChI=1S/C16H19FN2O3S/c1-11-18-15(12-7-3-2-4-8-12)16(22-11)19-23(20,21)14-10-6-5-9-13(14)17/h5-6,9-10,12,19H,2-4,7-8H2,1H3. The molecule has 5 nitrogen and oxygen atoms in total. The predicted molar refractivity (Wildman–Crippen MR) is 84.3 cm³/mol. The molecule has 23 heavy (non-hydrogen) atoms. The van der Waals surface area contributed by atoms with E-state index in [1.54, 1.807) is 6.92 Å². The van der Waals surface area contributed by atoms with E-state index in [0.717, 1.165) is 31.7 Å². The van der Waals surface area contributed by atoms with Crippen molar-refractivity contribution in [2.24, 2.45) is 0 Å². The molecule has 1 aliphatic carbocycles. The molecule has 0 saturated heterocycles. The van der Waals surface area contributed by atoms with E-state index in [1.807, 2.05) is 0 Å². The minimum Gasteiger partial charge on any atom is -0.424 e. The van der Waals surface area contributed by atoms with Crippen molar-refractivity contribution >= 4 is 15.9 Å². The molecule has 1 aromatic carbocycles. The number of sulfonamides is 1. The van der Waals surface area contributed by atoms with Crippen LogP contribution in [0, 0.1) is 12.7 Å². The van der Waals surface area contributed by atoms with Crippen LogP contribution in [0.5, 0.6) is 0 Å². The van der Waals surface area contributed by atoms with Gasteiger partial charge in [-0.1, -0.05) is 31.4 Å². The van der Waals surface area contributed by atoms with Crippen LogP contribution in [0.15, 0.2) is 33.6 Å². The first-order chi connectivity index (χ1) is 11.0. The third-order valence-electron chi connectivity index (χ3n) is 4.11. The number of nitrogens with one attached hydrogen (secondary N) is 1. The van der Waals surface area contributed by atoms with Crippen molar-refractivity contribution in [3.8, 4) is 0 Å². The van der Waals surface area contributed by atoms with Gasteiger partial charge in [-0.05, 0) is 25.0 Å². The lowest BCUT2D eigenvalue weighted by Gasteiger charge is -2.20. The number of benzene rings is 1. The van der Waals surface area contributed by atoms with Gasteiger partial charge in [-0.2, -0.15) is 0 Å². The highest BCUT2D eigenvalue weighted by Gasteiger charge is 2.27. The van der Waals surface area contributed by atoms with Crippen LogP contribution < -0.4 is 4.72 Å². The molecule has 0 aliphatic heterocycles. The van der Waals surface area contributed by atoms with Gasteiger partial charge in [0.25, 0.3) is 10.0 Å². The Morgan fingerprint density at radius 2 is 1.91 bits per heavy atom. The zero-order valence-corrected chi connectivity index (χ0v) is 13.7. The van der Waals surface area contributed by atoms with Gasteiger partial charge in [0.05, 0.1) is 0 Å². The van der Waals surface area contributed by atoms with Crippen LogP contribution in [0.4, 0.5) is 10.3 Å². The molecule has 2 aromatic rings. The average molecular weight is 338 g/mol. The third-order valence-corrected chi connectivity index (χ3v) is 5.47. The van der Waals surface area contributed by atoms with Crippen molar-refractivity contribution < 1.29 is 17.2 Å². The molecule has 1 fully saturated rings. The second-order valence-electron chi connectivity index (χ2n) is 5.82. The number of aryl methyl sites for hydroxylation is 1. The molecular weight excluding hydrogens is 319 g/mol. The van der Waals surface area contributed by atoms with Gasteiger partial charge in [0.15, 0.2) is 5.89 Å². The second kappa shape index (κ2) is 6.31. The fraction of sp³-hybridized carbons (Fsp3) is 0.438. The minimum absolute atomic E-state index is 0.109. The van der Waals surface area contributed by atoms with Crippen LogP contribution in [-0.4, -0.2) is 13.4 Å². The largest absolute Gasteiger partial charge is 0.424 e. The summed E-state index contributed by atoms with van der Waals surface area (Å²) in [4.78, 5) is 3.95. The third kappa shape index (κ3) is 3.39. The van der Waals surface area contributed by atoms with E-state index in [9.17, 15) is 12.8 Å². The van der Waals surface area contributed by atoms with Crippen LogP contribution in [-0.2, 0) is 10.0 Å². The Bertz CT molecular complexity index is 795. The van der Waals surface area contributed by atoms with E-state index >= 15 is 0 Å². The SMILES string of the molecule is Cc1nc(C2CCCCC2)c(NS(=O)(=O)c2ccccc2F)o1. The van der Waals surface area contributed by atoms with Crippen LogP contribution in [0.3, 0.4) is 0 Å². The van der Waals surface area contributed by atoms with Gasteiger partial charge >= 0.3 is 0 Å². The molecule has 1 aliphatic rings. The number of nitrogens with zero attached hydrogens (tertiary/aromatic N) is 1. The smallest absolute Gasteiger partial charge is 0.267 e. The van der Waals surface area contributed by atoms with E-state index in [1.165, 1.54) is 24.6 Å². The maximum atomic E-state index is 13.8. The molecule has 0 spiro atoms. The Balaban J connectivity index is 1.92. The number of anilines is 1. The molecule has 1 N–H and O–H groups in total. The van der Waals surface area contributed by atoms with Crippen molar-refractivity contribution in [2.45, 2.75) is 49.8 Å². The number of hydrogen-bond donors (Lipinski definition) is 1. The summed E-state index contributed by atoms with van der Waals surface area (Å²) in [5, 5.41) is 0. The molecule has 1 aromatic heterocycles. The normalized spacial score (nSPS) is 16.4. The Kier molecular flexibility index (Phi) is 4.39. The number of aromatic nitrogens is 1. The van der Waals surface area contributed by atoms with Gasteiger partial charge in [0.2, 0.25) is 5.88 Å². The Labute approximate surface area is 135 Å². The number of hydrogen-bond acceptors (Lipinski definition) is 4. The summed E-state index contributed by atoms with van der Waals surface area (Å²) in [5.74, 6) is -0.107. The minimum atomic E-state index is -4.05. The topological polar surface area (TPSA) is 72.2 Å².